The molecule has 1 aromatic heterocycles. The van der Waals surface area contributed by atoms with Crippen molar-refractivity contribution in [2.24, 2.45) is 7.05 Å². The lowest BCUT2D eigenvalue weighted by Crippen LogP contribution is -2.09. The summed E-state index contributed by atoms with van der Waals surface area (Å²) in [6.45, 7) is 1.84. The maximum absolute atomic E-state index is 11.9. The van der Waals surface area contributed by atoms with Gasteiger partial charge in [0, 0.05) is 12.7 Å². The van der Waals surface area contributed by atoms with Crippen molar-refractivity contribution in [2.45, 2.75) is 13.5 Å². The highest BCUT2D eigenvalue weighted by Gasteiger charge is 2.14. The first-order chi connectivity index (χ1) is 8.99. The standard InChI is InChI=1S/C12H13ClN4O2/c1-7-15-16-11(17(7)2)6-19-12(18)9-5-8(14)3-4-10(9)13/h3-5H,6,14H2,1-2H3. The van der Waals surface area contributed by atoms with Gasteiger partial charge in [0.1, 0.15) is 5.82 Å². The van der Waals surface area contributed by atoms with Gasteiger partial charge < -0.3 is 15.0 Å². The average molecular weight is 281 g/mol. The highest BCUT2D eigenvalue weighted by atomic mass is 35.5. The summed E-state index contributed by atoms with van der Waals surface area (Å²) in [5, 5.41) is 8.07. The number of esters is 1. The summed E-state index contributed by atoms with van der Waals surface area (Å²) in [5.74, 6) is 0.761. The summed E-state index contributed by atoms with van der Waals surface area (Å²) < 4.78 is 6.89. The van der Waals surface area contributed by atoms with Gasteiger partial charge in [-0.1, -0.05) is 11.6 Å². The maximum Gasteiger partial charge on any atom is 0.340 e. The van der Waals surface area contributed by atoms with Crippen LogP contribution in [0.5, 0.6) is 0 Å². The zero-order chi connectivity index (χ0) is 14.0. The Labute approximate surface area is 115 Å². The molecule has 6 nitrogen and oxygen atoms in total. The molecule has 0 spiro atoms. The molecule has 0 unspecified atom stereocenters. The number of carbonyl (C=O) groups is 1. The lowest BCUT2D eigenvalue weighted by molar-refractivity contribution is 0.0459. The van der Waals surface area contributed by atoms with Crippen LogP contribution in [0.25, 0.3) is 0 Å². The highest BCUT2D eigenvalue weighted by molar-refractivity contribution is 6.33. The molecule has 0 aliphatic heterocycles. The van der Waals surface area contributed by atoms with Crippen LogP contribution in [0.3, 0.4) is 0 Å². The fourth-order valence-corrected chi connectivity index (χ4v) is 1.68. The van der Waals surface area contributed by atoms with Crippen molar-refractivity contribution in [3.05, 3.63) is 40.4 Å². The predicted octanol–water partition coefficient (Wildman–Crippen LogP) is 1.72. The van der Waals surface area contributed by atoms with E-state index in [1.807, 2.05) is 6.92 Å². The Balaban J connectivity index is 2.09. The minimum absolute atomic E-state index is 0.0291. The van der Waals surface area contributed by atoms with E-state index >= 15 is 0 Å². The fraction of sp³-hybridized carbons (Fsp3) is 0.250. The number of nitrogens with two attached hydrogens (primary N) is 1. The van der Waals surface area contributed by atoms with Crippen molar-refractivity contribution >= 4 is 23.3 Å². The van der Waals surface area contributed by atoms with Crippen LogP contribution in [0.15, 0.2) is 18.2 Å². The number of ether oxygens (including phenoxy) is 1. The Kier molecular flexibility index (Phi) is 3.71. The number of halogens is 1. The summed E-state index contributed by atoms with van der Waals surface area (Å²) >= 11 is 5.92. The van der Waals surface area contributed by atoms with Crippen molar-refractivity contribution in [3.63, 3.8) is 0 Å². The normalized spacial score (nSPS) is 10.5. The molecule has 7 heteroatoms. The molecule has 100 valence electrons. The van der Waals surface area contributed by atoms with Gasteiger partial charge >= 0.3 is 5.97 Å². The van der Waals surface area contributed by atoms with Crippen LogP contribution in [0.1, 0.15) is 22.0 Å². The van der Waals surface area contributed by atoms with E-state index in [9.17, 15) is 4.79 Å². The van der Waals surface area contributed by atoms with Gasteiger partial charge in [-0.2, -0.15) is 0 Å². The number of hydrogen-bond donors (Lipinski definition) is 1. The van der Waals surface area contributed by atoms with Gasteiger partial charge in [-0.3, -0.25) is 0 Å². The summed E-state index contributed by atoms with van der Waals surface area (Å²) in [6.07, 6.45) is 0. The third-order valence-corrected chi connectivity index (χ3v) is 3.06. The van der Waals surface area contributed by atoms with Crippen LogP contribution in [0.4, 0.5) is 5.69 Å². The van der Waals surface area contributed by atoms with Crippen molar-refractivity contribution < 1.29 is 9.53 Å². The molecule has 0 amide bonds. The summed E-state index contributed by atoms with van der Waals surface area (Å²) in [5.41, 5.74) is 6.29. The van der Waals surface area contributed by atoms with E-state index in [-0.39, 0.29) is 12.2 Å². The third-order valence-electron chi connectivity index (χ3n) is 2.73. The average Bonchev–Trinajstić information content (AvgIpc) is 2.70. The van der Waals surface area contributed by atoms with Crippen molar-refractivity contribution in [1.29, 1.82) is 0 Å². The first-order valence-electron chi connectivity index (χ1n) is 5.56. The van der Waals surface area contributed by atoms with Gasteiger partial charge in [0.15, 0.2) is 12.4 Å². The molecule has 1 aromatic carbocycles. The molecular weight excluding hydrogens is 268 g/mol. The van der Waals surface area contributed by atoms with Crippen molar-refractivity contribution in [1.82, 2.24) is 14.8 Å². The van der Waals surface area contributed by atoms with Gasteiger partial charge in [0.05, 0.1) is 10.6 Å². The molecule has 2 N–H and O–H groups in total. The van der Waals surface area contributed by atoms with E-state index < -0.39 is 5.97 Å². The molecule has 19 heavy (non-hydrogen) atoms. The molecule has 0 atom stereocenters. The van der Waals surface area contributed by atoms with Gasteiger partial charge in [-0.25, -0.2) is 4.79 Å². The minimum Gasteiger partial charge on any atom is -0.454 e. The van der Waals surface area contributed by atoms with Gasteiger partial charge in [-0.15, -0.1) is 10.2 Å². The maximum atomic E-state index is 11.9. The number of nitrogen functional groups attached to an aromatic ring is 1. The topological polar surface area (TPSA) is 83.0 Å². The second-order valence-corrected chi connectivity index (χ2v) is 4.45. The molecule has 0 saturated carbocycles. The molecule has 0 radical (unpaired) electrons. The van der Waals surface area contributed by atoms with E-state index in [2.05, 4.69) is 10.2 Å². The molecule has 1 heterocycles. The monoisotopic (exact) mass is 280 g/mol. The van der Waals surface area contributed by atoms with Gasteiger partial charge in [-0.05, 0) is 25.1 Å². The van der Waals surface area contributed by atoms with E-state index in [0.717, 1.165) is 5.82 Å². The predicted molar refractivity (Wildman–Crippen MR) is 70.7 cm³/mol. The van der Waals surface area contributed by atoms with Gasteiger partial charge in [0.25, 0.3) is 0 Å². The van der Waals surface area contributed by atoms with Crippen LogP contribution in [-0.2, 0) is 18.4 Å². The van der Waals surface area contributed by atoms with Gasteiger partial charge in [0.2, 0.25) is 0 Å². The minimum atomic E-state index is -0.544. The molecule has 0 bridgehead atoms. The second kappa shape index (κ2) is 5.27. The number of benzene rings is 1. The second-order valence-electron chi connectivity index (χ2n) is 4.04. The van der Waals surface area contributed by atoms with Crippen molar-refractivity contribution in [3.8, 4) is 0 Å². The molecule has 0 aliphatic carbocycles. The van der Waals surface area contributed by atoms with E-state index in [1.165, 1.54) is 6.07 Å². The molecule has 2 aromatic rings. The fourth-order valence-electron chi connectivity index (χ4n) is 1.48. The number of aryl methyl sites for hydroxylation is 1. The Hall–Kier alpha value is -2.08. The highest BCUT2D eigenvalue weighted by Crippen LogP contribution is 2.20. The molecule has 2 rings (SSSR count). The number of anilines is 1. The Morgan fingerprint density at radius 2 is 2.21 bits per heavy atom. The van der Waals surface area contributed by atoms with Crippen LogP contribution in [-0.4, -0.2) is 20.7 Å². The van der Waals surface area contributed by atoms with Crippen LogP contribution in [0, 0.1) is 6.92 Å². The number of nitrogens with zero attached hydrogens (tertiary/aromatic N) is 3. The van der Waals surface area contributed by atoms with Crippen LogP contribution >= 0.6 is 11.6 Å². The number of hydrogen-bond acceptors (Lipinski definition) is 5. The number of carbonyl (C=O) groups excluding carboxylic acids is 1. The quantitative estimate of drug-likeness (QED) is 0.684. The number of aromatic nitrogens is 3. The first-order valence-corrected chi connectivity index (χ1v) is 5.94. The third kappa shape index (κ3) is 2.85. The zero-order valence-corrected chi connectivity index (χ0v) is 11.3. The Bertz CT molecular complexity index is 624. The Morgan fingerprint density at radius 3 is 2.84 bits per heavy atom. The SMILES string of the molecule is Cc1nnc(COC(=O)c2cc(N)ccc2Cl)n1C. The van der Waals surface area contributed by atoms with Crippen LogP contribution in [0.2, 0.25) is 5.02 Å². The summed E-state index contributed by atoms with van der Waals surface area (Å²) in [4.78, 5) is 11.9. The first kappa shape index (κ1) is 13.4. The largest absolute Gasteiger partial charge is 0.454 e. The zero-order valence-electron chi connectivity index (χ0n) is 10.6. The molecule has 0 fully saturated rings. The molecule has 0 aliphatic rings. The molecular formula is C12H13ClN4O2. The van der Waals surface area contributed by atoms with Crippen molar-refractivity contribution in [2.75, 3.05) is 5.73 Å². The summed E-state index contributed by atoms with van der Waals surface area (Å²) in [7, 11) is 1.80. The molecule has 0 saturated heterocycles. The smallest absolute Gasteiger partial charge is 0.340 e. The van der Waals surface area contributed by atoms with E-state index in [0.29, 0.717) is 16.5 Å². The number of rotatable bonds is 3. The lowest BCUT2D eigenvalue weighted by atomic mass is 10.2. The van der Waals surface area contributed by atoms with E-state index in [4.69, 9.17) is 22.1 Å². The lowest BCUT2D eigenvalue weighted by Gasteiger charge is -2.06. The Morgan fingerprint density at radius 1 is 1.47 bits per heavy atom. The summed E-state index contributed by atoms with van der Waals surface area (Å²) in [6, 6.07) is 4.65. The van der Waals surface area contributed by atoms with E-state index in [1.54, 1.807) is 23.7 Å². The van der Waals surface area contributed by atoms with Crippen LogP contribution < -0.4 is 5.73 Å².